The molecule has 0 atom stereocenters. The first-order valence-corrected chi connectivity index (χ1v) is 7.59. The number of benzene rings is 2. The second-order valence-corrected chi connectivity index (χ2v) is 6.01. The van der Waals surface area contributed by atoms with Crippen molar-refractivity contribution in [1.82, 2.24) is 4.98 Å². The average Bonchev–Trinajstić information content (AvgIpc) is 2.44. The van der Waals surface area contributed by atoms with E-state index in [4.69, 9.17) is 17.3 Å². The minimum atomic E-state index is 0.662. The second kappa shape index (κ2) is 5.54. The molecule has 0 radical (unpaired) electrons. The standard InChI is InChI=1S/C16H13BrClN3/c1-9-7-15(11-8-10(19)5-6-13(11)20-9)21-14-4-2-3-12(18)16(14)17/h2-8H,19H2,1H3,(H,20,21). The predicted octanol–water partition coefficient (Wildman–Crippen LogP) is 5.28. The fourth-order valence-electron chi connectivity index (χ4n) is 2.22. The van der Waals surface area contributed by atoms with Crippen LogP contribution < -0.4 is 11.1 Å². The van der Waals surface area contributed by atoms with E-state index < -0.39 is 0 Å². The van der Waals surface area contributed by atoms with Crippen LogP contribution in [0.5, 0.6) is 0 Å². The molecule has 0 saturated carbocycles. The number of hydrogen-bond acceptors (Lipinski definition) is 3. The Kier molecular flexibility index (Phi) is 3.74. The zero-order chi connectivity index (χ0) is 15.0. The van der Waals surface area contributed by atoms with Crippen molar-refractivity contribution in [2.75, 3.05) is 11.1 Å². The van der Waals surface area contributed by atoms with Crippen LogP contribution in [0.4, 0.5) is 17.1 Å². The maximum atomic E-state index is 6.14. The molecule has 2 aromatic carbocycles. The van der Waals surface area contributed by atoms with E-state index in [2.05, 4.69) is 26.2 Å². The normalized spacial score (nSPS) is 10.8. The van der Waals surface area contributed by atoms with E-state index in [-0.39, 0.29) is 0 Å². The summed E-state index contributed by atoms with van der Waals surface area (Å²) in [4.78, 5) is 4.53. The first kappa shape index (κ1) is 14.2. The maximum absolute atomic E-state index is 6.14. The summed E-state index contributed by atoms with van der Waals surface area (Å²) in [6, 6.07) is 13.4. The Balaban J connectivity index is 2.15. The molecule has 3 aromatic rings. The Morgan fingerprint density at radius 2 is 1.95 bits per heavy atom. The average molecular weight is 363 g/mol. The van der Waals surface area contributed by atoms with Gasteiger partial charge in [-0.25, -0.2) is 0 Å². The van der Waals surface area contributed by atoms with Crippen molar-refractivity contribution in [3.8, 4) is 0 Å². The van der Waals surface area contributed by atoms with E-state index in [1.807, 2.05) is 49.4 Å². The van der Waals surface area contributed by atoms with Gasteiger partial charge in [0.25, 0.3) is 0 Å². The summed E-state index contributed by atoms with van der Waals surface area (Å²) in [5.74, 6) is 0. The summed E-state index contributed by atoms with van der Waals surface area (Å²) < 4.78 is 0.832. The minimum absolute atomic E-state index is 0.662. The highest BCUT2D eigenvalue weighted by Crippen LogP contribution is 2.34. The summed E-state index contributed by atoms with van der Waals surface area (Å²) in [6.45, 7) is 1.97. The molecular weight excluding hydrogens is 350 g/mol. The number of nitrogen functional groups attached to an aromatic ring is 1. The van der Waals surface area contributed by atoms with Gasteiger partial charge in [0.15, 0.2) is 0 Å². The van der Waals surface area contributed by atoms with Crippen molar-refractivity contribution in [3.05, 3.63) is 57.7 Å². The topological polar surface area (TPSA) is 50.9 Å². The van der Waals surface area contributed by atoms with Crippen LogP contribution in [-0.2, 0) is 0 Å². The van der Waals surface area contributed by atoms with Gasteiger partial charge >= 0.3 is 0 Å². The predicted molar refractivity (Wildman–Crippen MR) is 93.3 cm³/mol. The summed E-state index contributed by atoms with van der Waals surface area (Å²) in [6.07, 6.45) is 0. The third kappa shape index (κ3) is 2.82. The third-order valence-corrected chi connectivity index (χ3v) is 4.58. The number of nitrogens with zero attached hydrogens (tertiary/aromatic N) is 1. The first-order valence-electron chi connectivity index (χ1n) is 6.42. The largest absolute Gasteiger partial charge is 0.399 e. The molecule has 3 rings (SSSR count). The van der Waals surface area contributed by atoms with Gasteiger partial charge in [-0.3, -0.25) is 4.98 Å². The van der Waals surface area contributed by atoms with Crippen LogP contribution in [0.25, 0.3) is 10.9 Å². The number of nitrogens with one attached hydrogen (secondary N) is 1. The molecule has 21 heavy (non-hydrogen) atoms. The SMILES string of the molecule is Cc1cc(Nc2cccc(Cl)c2Br)c2cc(N)ccc2n1. The number of hydrogen-bond donors (Lipinski definition) is 2. The summed E-state index contributed by atoms with van der Waals surface area (Å²) in [7, 11) is 0. The van der Waals surface area contributed by atoms with Gasteiger partial charge in [0.1, 0.15) is 0 Å². The molecule has 0 bridgehead atoms. The molecule has 0 aliphatic heterocycles. The van der Waals surface area contributed by atoms with E-state index in [9.17, 15) is 0 Å². The molecular formula is C16H13BrClN3. The van der Waals surface area contributed by atoms with Gasteiger partial charge in [-0.15, -0.1) is 0 Å². The monoisotopic (exact) mass is 361 g/mol. The van der Waals surface area contributed by atoms with Crippen LogP contribution in [0.3, 0.4) is 0 Å². The van der Waals surface area contributed by atoms with E-state index in [1.54, 1.807) is 0 Å². The van der Waals surface area contributed by atoms with Crippen molar-refractivity contribution in [2.45, 2.75) is 6.92 Å². The number of nitrogens with two attached hydrogens (primary N) is 1. The number of aryl methyl sites for hydroxylation is 1. The fourth-order valence-corrected chi connectivity index (χ4v) is 2.76. The lowest BCUT2D eigenvalue weighted by atomic mass is 10.1. The molecule has 0 unspecified atom stereocenters. The lowest BCUT2D eigenvalue weighted by molar-refractivity contribution is 1.25. The number of anilines is 3. The Morgan fingerprint density at radius 1 is 1.14 bits per heavy atom. The molecule has 1 aromatic heterocycles. The van der Waals surface area contributed by atoms with Crippen molar-refractivity contribution >= 4 is 55.5 Å². The number of fused-ring (bicyclic) bond motifs is 1. The Morgan fingerprint density at radius 3 is 2.76 bits per heavy atom. The highest BCUT2D eigenvalue weighted by atomic mass is 79.9. The van der Waals surface area contributed by atoms with Crippen LogP contribution in [0.15, 0.2) is 46.9 Å². The zero-order valence-corrected chi connectivity index (χ0v) is 13.7. The smallest absolute Gasteiger partial charge is 0.0727 e. The molecule has 1 heterocycles. The maximum Gasteiger partial charge on any atom is 0.0727 e. The lowest BCUT2D eigenvalue weighted by Gasteiger charge is -2.13. The van der Waals surface area contributed by atoms with E-state index in [0.29, 0.717) is 10.7 Å². The van der Waals surface area contributed by atoms with Crippen LogP contribution >= 0.6 is 27.5 Å². The van der Waals surface area contributed by atoms with Crippen LogP contribution in [0.2, 0.25) is 5.02 Å². The van der Waals surface area contributed by atoms with Gasteiger partial charge in [-0.1, -0.05) is 17.7 Å². The van der Waals surface area contributed by atoms with Crippen LogP contribution in [-0.4, -0.2) is 4.98 Å². The highest BCUT2D eigenvalue weighted by Gasteiger charge is 2.08. The molecule has 0 aliphatic rings. The minimum Gasteiger partial charge on any atom is -0.399 e. The molecule has 0 spiro atoms. The summed E-state index contributed by atoms with van der Waals surface area (Å²) in [5, 5.41) is 5.04. The number of aromatic nitrogens is 1. The van der Waals surface area contributed by atoms with Crippen molar-refractivity contribution in [3.63, 3.8) is 0 Å². The fraction of sp³-hybridized carbons (Fsp3) is 0.0625. The molecule has 3 N–H and O–H groups in total. The molecule has 0 aliphatic carbocycles. The van der Waals surface area contributed by atoms with Gasteiger partial charge in [-0.2, -0.15) is 0 Å². The highest BCUT2D eigenvalue weighted by molar-refractivity contribution is 9.10. The van der Waals surface area contributed by atoms with Gasteiger partial charge in [0, 0.05) is 22.5 Å². The Labute approximate surface area is 136 Å². The number of pyridine rings is 1. The third-order valence-electron chi connectivity index (χ3n) is 3.18. The van der Waals surface area contributed by atoms with Crippen molar-refractivity contribution < 1.29 is 0 Å². The summed E-state index contributed by atoms with van der Waals surface area (Å²) >= 11 is 9.64. The van der Waals surface area contributed by atoms with Crippen molar-refractivity contribution in [2.24, 2.45) is 0 Å². The van der Waals surface area contributed by atoms with Gasteiger partial charge in [-0.05, 0) is 59.3 Å². The number of halogens is 2. The zero-order valence-electron chi connectivity index (χ0n) is 11.3. The Hall–Kier alpha value is -1.78. The Bertz CT molecular complexity index is 833. The van der Waals surface area contributed by atoms with E-state index in [0.717, 1.165) is 32.4 Å². The molecule has 0 saturated heterocycles. The van der Waals surface area contributed by atoms with Gasteiger partial charge < -0.3 is 11.1 Å². The number of rotatable bonds is 2. The van der Waals surface area contributed by atoms with Gasteiger partial charge in [0.05, 0.1) is 20.7 Å². The molecule has 0 amide bonds. The summed E-state index contributed by atoms with van der Waals surface area (Å²) in [5.41, 5.74) is 10.3. The molecule has 0 fully saturated rings. The van der Waals surface area contributed by atoms with Gasteiger partial charge in [0.2, 0.25) is 0 Å². The van der Waals surface area contributed by atoms with E-state index >= 15 is 0 Å². The first-order chi connectivity index (χ1) is 10.0. The quantitative estimate of drug-likeness (QED) is 0.609. The van der Waals surface area contributed by atoms with Crippen LogP contribution in [0, 0.1) is 6.92 Å². The van der Waals surface area contributed by atoms with Crippen LogP contribution in [0.1, 0.15) is 5.69 Å². The lowest BCUT2D eigenvalue weighted by Crippen LogP contribution is -1.96. The molecule has 3 nitrogen and oxygen atoms in total. The molecule has 106 valence electrons. The second-order valence-electron chi connectivity index (χ2n) is 4.81. The van der Waals surface area contributed by atoms with Crippen molar-refractivity contribution in [1.29, 1.82) is 0 Å². The molecule has 5 heteroatoms. The van der Waals surface area contributed by atoms with E-state index in [1.165, 1.54) is 0 Å².